The van der Waals surface area contributed by atoms with Gasteiger partial charge >= 0.3 is 0 Å². The summed E-state index contributed by atoms with van der Waals surface area (Å²) >= 11 is 11.8. The number of ether oxygens (including phenoxy) is 2. The third-order valence-corrected chi connectivity index (χ3v) is 3.88. The molecule has 1 heterocycles. The van der Waals surface area contributed by atoms with Crippen LogP contribution in [-0.4, -0.2) is 43.6 Å². The Morgan fingerprint density at radius 2 is 2.24 bits per heavy atom. The fraction of sp³-hybridized carbons (Fsp3) is 0.600. The maximum absolute atomic E-state index is 9.89. The number of hydrogen-bond acceptors (Lipinski definition) is 4. The first kappa shape index (κ1) is 16.8. The van der Waals surface area contributed by atoms with Gasteiger partial charge in [0, 0.05) is 24.7 Å². The van der Waals surface area contributed by atoms with Crippen LogP contribution < -0.4 is 10.1 Å². The monoisotopic (exact) mass is 333 g/mol. The van der Waals surface area contributed by atoms with Crippen LogP contribution in [0.4, 0.5) is 0 Å². The van der Waals surface area contributed by atoms with Crippen molar-refractivity contribution in [3.05, 3.63) is 28.2 Å². The van der Waals surface area contributed by atoms with Gasteiger partial charge in [-0.05, 0) is 37.5 Å². The highest BCUT2D eigenvalue weighted by molar-refractivity contribution is 6.35. The minimum absolute atomic E-state index is 0.180. The highest BCUT2D eigenvalue weighted by atomic mass is 35.5. The van der Waals surface area contributed by atoms with Crippen molar-refractivity contribution in [1.82, 2.24) is 5.32 Å². The number of rotatable bonds is 7. The van der Waals surface area contributed by atoms with Gasteiger partial charge in [0.1, 0.15) is 18.5 Å². The first-order valence-electron chi connectivity index (χ1n) is 7.23. The predicted octanol–water partition coefficient (Wildman–Crippen LogP) is 2.89. The van der Waals surface area contributed by atoms with Gasteiger partial charge in [-0.1, -0.05) is 23.2 Å². The summed E-state index contributed by atoms with van der Waals surface area (Å²) in [4.78, 5) is 0. The minimum atomic E-state index is -0.597. The van der Waals surface area contributed by atoms with E-state index in [0.29, 0.717) is 22.3 Å². The van der Waals surface area contributed by atoms with E-state index in [1.54, 1.807) is 18.2 Å². The van der Waals surface area contributed by atoms with Crippen LogP contribution in [0.15, 0.2) is 18.2 Å². The summed E-state index contributed by atoms with van der Waals surface area (Å²) in [5.74, 6) is 0.524. The summed E-state index contributed by atoms with van der Waals surface area (Å²) in [6.07, 6.45) is 3.11. The first-order chi connectivity index (χ1) is 10.1. The van der Waals surface area contributed by atoms with Crippen molar-refractivity contribution >= 4 is 23.2 Å². The molecular formula is C15H21Cl2NO3. The van der Waals surface area contributed by atoms with E-state index in [1.807, 2.05) is 0 Å². The van der Waals surface area contributed by atoms with Crippen molar-refractivity contribution in [2.45, 2.75) is 31.5 Å². The Bertz CT molecular complexity index is 439. The zero-order valence-corrected chi connectivity index (χ0v) is 13.4. The second kappa shape index (κ2) is 8.81. The van der Waals surface area contributed by atoms with Crippen molar-refractivity contribution in [2.24, 2.45) is 0 Å². The summed E-state index contributed by atoms with van der Waals surface area (Å²) in [5, 5.41) is 14.1. The molecule has 6 heteroatoms. The zero-order chi connectivity index (χ0) is 15.1. The molecule has 1 saturated heterocycles. The molecule has 4 nitrogen and oxygen atoms in total. The van der Waals surface area contributed by atoms with Crippen LogP contribution in [0.3, 0.4) is 0 Å². The second-order valence-electron chi connectivity index (χ2n) is 5.19. The second-order valence-corrected chi connectivity index (χ2v) is 6.03. The Morgan fingerprint density at radius 3 is 2.95 bits per heavy atom. The summed E-state index contributed by atoms with van der Waals surface area (Å²) in [6.45, 7) is 2.25. The van der Waals surface area contributed by atoms with Crippen molar-refractivity contribution < 1.29 is 14.6 Å². The molecule has 2 N–H and O–H groups in total. The van der Waals surface area contributed by atoms with Crippen LogP contribution in [0.2, 0.25) is 10.0 Å². The third kappa shape index (κ3) is 6.01. The number of aliphatic hydroxyl groups excluding tert-OH is 1. The smallest absolute Gasteiger partial charge is 0.138 e. The van der Waals surface area contributed by atoms with Gasteiger partial charge in [-0.25, -0.2) is 0 Å². The van der Waals surface area contributed by atoms with Crippen LogP contribution in [0, 0.1) is 0 Å². The highest BCUT2D eigenvalue weighted by Gasteiger charge is 2.14. The lowest BCUT2D eigenvalue weighted by Gasteiger charge is -2.23. The summed E-state index contributed by atoms with van der Waals surface area (Å²) in [7, 11) is 0. The molecule has 21 heavy (non-hydrogen) atoms. The largest absolute Gasteiger partial charge is 0.489 e. The van der Waals surface area contributed by atoms with E-state index in [2.05, 4.69) is 5.32 Å². The maximum atomic E-state index is 9.89. The zero-order valence-electron chi connectivity index (χ0n) is 11.9. The van der Waals surface area contributed by atoms with Crippen molar-refractivity contribution in [2.75, 3.05) is 26.3 Å². The van der Waals surface area contributed by atoms with E-state index >= 15 is 0 Å². The first-order valence-corrected chi connectivity index (χ1v) is 7.99. The molecule has 0 amide bonds. The van der Waals surface area contributed by atoms with Crippen molar-refractivity contribution in [3.63, 3.8) is 0 Å². The third-order valence-electron chi connectivity index (χ3n) is 3.35. The van der Waals surface area contributed by atoms with Crippen LogP contribution in [0.25, 0.3) is 0 Å². The molecule has 0 bridgehead atoms. The van der Waals surface area contributed by atoms with Crippen molar-refractivity contribution in [3.8, 4) is 5.75 Å². The SMILES string of the molecule is OC(CNCC1CCCCO1)COc1ccc(Cl)cc1Cl. The quantitative estimate of drug-likeness (QED) is 0.805. The molecule has 0 aliphatic carbocycles. The van der Waals surface area contributed by atoms with Crippen LogP contribution >= 0.6 is 23.2 Å². The molecule has 2 unspecified atom stereocenters. The van der Waals surface area contributed by atoms with E-state index in [1.165, 1.54) is 6.42 Å². The highest BCUT2D eigenvalue weighted by Crippen LogP contribution is 2.27. The summed E-state index contributed by atoms with van der Waals surface area (Å²) < 4.78 is 11.1. The average molecular weight is 334 g/mol. The van der Waals surface area contributed by atoms with Crippen LogP contribution in [0.1, 0.15) is 19.3 Å². The van der Waals surface area contributed by atoms with Crippen molar-refractivity contribution in [1.29, 1.82) is 0 Å². The van der Waals surface area contributed by atoms with Crippen LogP contribution in [-0.2, 0) is 4.74 Å². The van der Waals surface area contributed by atoms with Gasteiger partial charge < -0.3 is 19.9 Å². The number of nitrogens with one attached hydrogen (secondary N) is 1. The fourth-order valence-corrected chi connectivity index (χ4v) is 2.68. The molecule has 0 spiro atoms. The number of aliphatic hydroxyl groups is 1. The average Bonchev–Trinajstić information content (AvgIpc) is 2.47. The molecule has 0 aromatic heterocycles. The number of halogens is 2. The van der Waals surface area contributed by atoms with Gasteiger partial charge in [0.2, 0.25) is 0 Å². The number of hydrogen-bond donors (Lipinski definition) is 2. The molecular weight excluding hydrogens is 313 g/mol. The van der Waals surface area contributed by atoms with Gasteiger partial charge in [-0.3, -0.25) is 0 Å². The lowest BCUT2D eigenvalue weighted by atomic mass is 10.1. The van der Waals surface area contributed by atoms with Gasteiger partial charge in [-0.15, -0.1) is 0 Å². The molecule has 0 saturated carbocycles. The van der Waals surface area contributed by atoms with E-state index in [-0.39, 0.29) is 12.7 Å². The summed E-state index contributed by atoms with van der Waals surface area (Å²) in [6, 6.07) is 5.01. The van der Waals surface area contributed by atoms with Gasteiger partial charge in [0.05, 0.1) is 11.1 Å². The Kier molecular flexibility index (Phi) is 7.07. The molecule has 1 aliphatic heterocycles. The minimum Gasteiger partial charge on any atom is -0.489 e. The predicted molar refractivity (Wildman–Crippen MR) is 84.4 cm³/mol. The Labute approximate surface area is 135 Å². The fourth-order valence-electron chi connectivity index (χ4n) is 2.22. The molecule has 1 fully saturated rings. The molecule has 118 valence electrons. The van der Waals surface area contributed by atoms with Gasteiger partial charge in [-0.2, -0.15) is 0 Å². The lowest BCUT2D eigenvalue weighted by Crippen LogP contribution is -2.37. The summed E-state index contributed by atoms with van der Waals surface area (Å²) in [5.41, 5.74) is 0. The maximum Gasteiger partial charge on any atom is 0.138 e. The Balaban J connectivity index is 1.63. The van der Waals surface area contributed by atoms with Crippen LogP contribution in [0.5, 0.6) is 5.75 Å². The standard InChI is InChI=1S/C15H21Cl2NO3/c16-11-4-5-15(14(17)7-11)21-10-12(19)8-18-9-13-3-1-2-6-20-13/h4-5,7,12-13,18-19H,1-3,6,8-10H2. The van der Waals surface area contributed by atoms with E-state index in [9.17, 15) is 5.11 Å². The molecule has 1 aromatic rings. The van der Waals surface area contributed by atoms with Gasteiger partial charge in [0.25, 0.3) is 0 Å². The molecule has 1 aromatic carbocycles. The van der Waals surface area contributed by atoms with E-state index in [4.69, 9.17) is 32.7 Å². The number of benzene rings is 1. The Morgan fingerprint density at radius 1 is 1.38 bits per heavy atom. The van der Waals surface area contributed by atoms with Gasteiger partial charge in [0.15, 0.2) is 0 Å². The topological polar surface area (TPSA) is 50.7 Å². The molecule has 2 atom stereocenters. The van der Waals surface area contributed by atoms with E-state index < -0.39 is 6.10 Å². The Hall–Kier alpha value is -0.520. The normalized spacial score (nSPS) is 20.2. The molecule has 2 rings (SSSR count). The molecule has 0 radical (unpaired) electrons. The lowest BCUT2D eigenvalue weighted by molar-refractivity contribution is 0.0141. The molecule has 1 aliphatic rings. The van der Waals surface area contributed by atoms with E-state index in [0.717, 1.165) is 26.0 Å².